The van der Waals surface area contributed by atoms with E-state index in [4.69, 9.17) is 4.74 Å². The second-order valence-electron chi connectivity index (χ2n) is 6.41. The maximum Gasteiger partial charge on any atom is 0.137 e. The van der Waals surface area contributed by atoms with Gasteiger partial charge in [0, 0.05) is 64.0 Å². The molecule has 0 radical (unpaired) electrons. The topological polar surface area (TPSA) is 63.4 Å². The van der Waals surface area contributed by atoms with Crippen molar-refractivity contribution in [1.29, 1.82) is 0 Å². The van der Waals surface area contributed by atoms with Crippen LogP contribution in [-0.4, -0.2) is 50.8 Å². The van der Waals surface area contributed by atoms with E-state index in [2.05, 4.69) is 20.9 Å². The van der Waals surface area contributed by atoms with Crippen molar-refractivity contribution >= 4 is 0 Å². The first kappa shape index (κ1) is 17.1. The van der Waals surface area contributed by atoms with Gasteiger partial charge in [0.05, 0.1) is 6.61 Å². The van der Waals surface area contributed by atoms with Crippen LogP contribution >= 0.6 is 0 Å². The van der Waals surface area contributed by atoms with Crippen molar-refractivity contribution in [3.05, 3.63) is 48.3 Å². The van der Waals surface area contributed by atoms with Gasteiger partial charge in [-0.3, -0.25) is 9.88 Å². The number of aromatic nitrogens is 3. The third-order valence-corrected chi connectivity index (χ3v) is 4.60. The third-order valence-electron chi connectivity index (χ3n) is 4.60. The summed E-state index contributed by atoms with van der Waals surface area (Å²) >= 11 is 0. The molecule has 1 saturated heterocycles. The minimum absolute atomic E-state index is 0.0221. The van der Waals surface area contributed by atoms with Gasteiger partial charge in [0.15, 0.2) is 0 Å². The molecule has 0 bridgehead atoms. The number of aliphatic hydroxyl groups excluding tert-OH is 1. The van der Waals surface area contributed by atoms with Crippen LogP contribution in [0.1, 0.15) is 30.3 Å². The number of ether oxygens (including phenoxy) is 1. The van der Waals surface area contributed by atoms with Gasteiger partial charge in [0.1, 0.15) is 11.9 Å². The molecule has 6 heteroatoms. The monoisotopic (exact) mass is 330 g/mol. The molecule has 1 fully saturated rings. The molecule has 0 amide bonds. The van der Waals surface area contributed by atoms with Gasteiger partial charge in [0.2, 0.25) is 0 Å². The van der Waals surface area contributed by atoms with Crippen molar-refractivity contribution in [2.45, 2.75) is 25.5 Å². The number of hydrogen-bond donors (Lipinski definition) is 1. The molecule has 0 saturated carbocycles. The van der Waals surface area contributed by atoms with Crippen LogP contribution in [0.5, 0.6) is 0 Å². The Labute approximate surface area is 143 Å². The Morgan fingerprint density at radius 2 is 2.33 bits per heavy atom. The number of nitrogens with zero attached hydrogens (tertiary/aromatic N) is 4. The Bertz CT molecular complexity index is 616. The second-order valence-corrected chi connectivity index (χ2v) is 6.41. The molecule has 3 rings (SSSR count). The third kappa shape index (κ3) is 4.20. The standard InChI is InChI=1S/C18H26N4O2/c1-21-8-7-20-18(21)17-16(5-3-11-24-17)14-22(9-10-23)13-15-4-2-6-19-12-15/h2,4,6-8,12,16-17,23H,3,5,9-11,13-14H2,1H3/t16-,17+/m0/s1. The van der Waals surface area contributed by atoms with E-state index in [1.165, 1.54) is 0 Å². The van der Waals surface area contributed by atoms with Gasteiger partial charge in [-0.15, -0.1) is 0 Å². The summed E-state index contributed by atoms with van der Waals surface area (Å²) in [5.74, 6) is 1.37. The largest absolute Gasteiger partial charge is 0.395 e. The molecule has 2 aromatic heterocycles. The lowest BCUT2D eigenvalue weighted by Crippen LogP contribution is -2.37. The van der Waals surface area contributed by atoms with Gasteiger partial charge < -0.3 is 14.4 Å². The smallest absolute Gasteiger partial charge is 0.137 e. The zero-order chi connectivity index (χ0) is 16.8. The van der Waals surface area contributed by atoms with Gasteiger partial charge in [-0.1, -0.05) is 6.07 Å². The molecule has 24 heavy (non-hydrogen) atoms. The summed E-state index contributed by atoms with van der Waals surface area (Å²) in [5.41, 5.74) is 1.16. The van der Waals surface area contributed by atoms with Crippen molar-refractivity contribution in [2.75, 3.05) is 26.3 Å². The van der Waals surface area contributed by atoms with Gasteiger partial charge in [-0.2, -0.15) is 0 Å². The number of hydrogen-bond acceptors (Lipinski definition) is 5. The van der Waals surface area contributed by atoms with E-state index in [1.54, 1.807) is 6.20 Å². The molecular formula is C18H26N4O2. The Morgan fingerprint density at radius 1 is 1.42 bits per heavy atom. The number of aryl methyl sites for hydroxylation is 1. The molecule has 2 aromatic rings. The van der Waals surface area contributed by atoms with Crippen LogP contribution in [-0.2, 0) is 18.3 Å². The van der Waals surface area contributed by atoms with Gasteiger partial charge in [0.25, 0.3) is 0 Å². The molecule has 1 aliphatic rings. The van der Waals surface area contributed by atoms with Gasteiger partial charge >= 0.3 is 0 Å². The number of aliphatic hydroxyl groups is 1. The Balaban J connectivity index is 1.70. The molecule has 3 heterocycles. The number of imidazole rings is 1. The lowest BCUT2D eigenvalue weighted by atomic mass is 9.92. The zero-order valence-electron chi connectivity index (χ0n) is 14.2. The molecule has 6 nitrogen and oxygen atoms in total. The SMILES string of the molecule is Cn1ccnc1[C@@H]1OCCC[C@H]1CN(CCO)Cc1cccnc1. The summed E-state index contributed by atoms with van der Waals surface area (Å²) in [4.78, 5) is 11.0. The van der Waals surface area contributed by atoms with Crippen LogP contribution in [0.15, 0.2) is 36.9 Å². The predicted molar refractivity (Wildman–Crippen MR) is 91.2 cm³/mol. The number of rotatable bonds is 7. The predicted octanol–water partition coefficient (Wildman–Crippen LogP) is 1.78. The van der Waals surface area contributed by atoms with Crippen molar-refractivity contribution < 1.29 is 9.84 Å². The summed E-state index contributed by atoms with van der Waals surface area (Å²) in [6.07, 6.45) is 9.67. The summed E-state index contributed by atoms with van der Waals surface area (Å²) in [5, 5.41) is 9.43. The minimum Gasteiger partial charge on any atom is -0.395 e. The molecule has 0 spiro atoms. The Hall–Kier alpha value is -1.76. The average Bonchev–Trinajstić information content (AvgIpc) is 3.02. The fourth-order valence-corrected chi connectivity index (χ4v) is 3.42. The maximum absolute atomic E-state index is 9.43. The summed E-state index contributed by atoms with van der Waals surface area (Å²) in [6, 6.07) is 4.03. The van der Waals surface area contributed by atoms with E-state index in [1.807, 2.05) is 36.3 Å². The molecule has 0 unspecified atom stereocenters. The van der Waals surface area contributed by atoms with Crippen molar-refractivity contribution in [3.8, 4) is 0 Å². The van der Waals surface area contributed by atoms with Gasteiger partial charge in [-0.25, -0.2) is 4.98 Å². The lowest BCUT2D eigenvalue weighted by Gasteiger charge is -2.35. The summed E-state index contributed by atoms with van der Waals surface area (Å²) < 4.78 is 8.10. The highest BCUT2D eigenvalue weighted by Gasteiger charge is 2.31. The lowest BCUT2D eigenvalue weighted by molar-refractivity contribution is -0.0468. The normalized spacial score (nSPS) is 21.3. The molecule has 0 aliphatic carbocycles. The first-order valence-electron chi connectivity index (χ1n) is 8.59. The van der Waals surface area contributed by atoms with Crippen LogP contribution in [0.4, 0.5) is 0 Å². The highest BCUT2D eigenvalue weighted by atomic mass is 16.5. The second kappa shape index (κ2) is 8.37. The summed E-state index contributed by atoms with van der Waals surface area (Å²) in [7, 11) is 2.01. The molecular weight excluding hydrogens is 304 g/mol. The quantitative estimate of drug-likeness (QED) is 0.838. The first-order chi connectivity index (χ1) is 11.8. The summed E-state index contributed by atoms with van der Waals surface area (Å²) in [6.45, 7) is 3.27. The van der Waals surface area contributed by atoms with Gasteiger partial charge in [-0.05, 0) is 24.5 Å². The van der Waals surface area contributed by atoms with E-state index in [9.17, 15) is 5.11 Å². The minimum atomic E-state index is 0.0221. The molecule has 1 aliphatic heterocycles. The molecule has 1 N–H and O–H groups in total. The van der Waals surface area contributed by atoms with Crippen LogP contribution in [0.25, 0.3) is 0 Å². The van der Waals surface area contributed by atoms with Crippen molar-refractivity contribution in [2.24, 2.45) is 13.0 Å². The van der Waals surface area contributed by atoms with E-state index in [-0.39, 0.29) is 12.7 Å². The fraction of sp³-hybridized carbons (Fsp3) is 0.556. The van der Waals surface area contributed by atoms with E-state index < -0.39 is 0 Å². The molecule has 0 aromatic carbocycles. The van der Waals surface area contributed by atoms with Crippen molar-refractivity contribution in [1.82, 2.24) is 19.4 Å². The number of pyridine rings is 1. The highest BCUT2D eigenvalue weighted by Crippen LogP contribution is 2.33. The Kier molecular flexibility index (Phi) is 5.96. The maximum atomic E-state index is 9.43. The molecule has 2 atom stereocenters. The van der Waals surface area contributed by atoms with Crippen LogP contribution in [0.3, 0.4) is 0 Å². The van der Waals surface area contributed by atoms with E-state index in [0.717, 1.165) is 43.9 Å². The fourth-order valence-electron chi connectivity index (χ4n) is 3.42. The van der Waals surface area contributed by atoms with Crippen LogP contribution in [0, 0.1) is 5.92 Å². The molecule has 130 valence electrons. The van der Waals surface area contributed by atoms with Crippen LogP contribution < -0.4 is 0 Å². The first-order valence-corrected chi connectivity index (χ1v) is 8.59. The van der Waals surface area contributed by atoms with E-state index in [0.29, 0.717) is 12.5 Å². The Morgan fingerprint density at radius 3 is 3.04 bits per heavy atom. The van der Waals surface area contributed by atoms with Crippen molar-refractivity contribution in [3.63, 3.8) is 0 Å². The van der Waals surface area contributed by atoms with E-state index >= 15 is 0 Å². The highest BCUT2D eigenvalue weighted by molar-refractivity contribution is 5.08. The van der Waals surface area contributed by atoms with Crippen LogP contribution in [0.2, 0.25) is 0 Å². The average molecular weight is 330 g/mol. The zero-order valence-corrected chi connectivity index (χ0v) is 14.2.